The van der Waals surface area contributed by atoms with Crippen LogP contribution in [0.15, 0.2) is 89.7 Å². The molecule has 1 aliphatic rings. The number of Topliss-reactive ketones (excluding diaryl/α,β-unsaturated/α-hetero) is 1. The van der Waals surface area contributed by atoms with Gasteiger partial charge in [-0.2, -0.15) is 4.98 Å². The first-order valence-electron chi connectivity index (χ1n) is 15.1. The molecule has 2 N–H and O–H groups in total. The largest absolute Gasteiger partial charge is 0.573 e. The monoisotopic (exact) mass is 630 g/mol. The minimum Gasteiger partial charge on any atom is -0.406 e. The van der Waals surface area contributed by atoms with E-state index in [2.05, 4.69) is 9.64 Å². The molecule has 3 aromatic carbocycles. The second-order valence-corrected chi connectivity index (χ2v) is 11.4. The number of halogens is 3. The number of rotatable bonds is 10. The molecule has 238 valence electrons. The standard InChI is InChI=1S/C34H33F3N6O3/c35-34(36,37)46-27-16-14-25(15-17-27)28(44)22-42-29(18-13-23-8-3-1-4-9-23)39-31-30(32(42)45)43(20-24-10-5-2-6-11-24)33(40-31)41-19-7-12-26(38)21-41/h1-6,8-11,14-17,26H,7,12-13,18-22,38H2. The van der Waals surface area contributed by atoms with Crippen molar-refractivity contribution in [3.8, 4) is 5.75 Å². The lowest BCUT2D eigenvalue weighted by Gasteiger charge is -2.31. The van der Waals surface area contributed by atoms with E-state index in [1.54, 1.807) is 0 Å². The quantitative estimate of drug-likeness (QED) is 0.213. The van der Waals surface area contributed by atoms with Gasteiger partial charge in [0.2, 0.25) is 5.95 Å². The summed E-state index contributed by atoms with van der Waals surface area (Å²) in [6.07, 6.45) is -2.15. The predicted octanol–water partition coefficient (Wildman–Crippen LogP) is 5.14. The van der Waals surface area contributed by atoms with Gasteiger partial charge in [0.25, 0.3) is 5.56 Å². The average Bonchev–Trinajstić information content (AvgIpc) is 3.40. The lowest BCUT2D eigenvalue weighted by molar-refractivity contribution is -0.274. The number of fused-ring (bicyclic) bond motifs is 1. The van der Waals surface area contributed by atoms with E-state index in [0.717, 1.165) is 42.6 Å². The van der Waals surface area contributed by atoms with Gasteiger partial charge in [0.1, 0.15) is 11.6 Å². The summed E-state index contributed by atoms with van der Waals surface area (Å²) in [6.45, 7) is 1.31. The number of nitrogens with two attached hydrogens (primary N) is 1. The predicted molar refractivity (Wildman–Crippen MR) is 168 cm³/mol. The lowest BCUT2D eigenvalue weighted by Crippen LogP contribution is -2.44. The molecule has 0 saturated carbocycles. The lowest BCUT2D eigenvalue weighted by atomic mass is 10.1. The molecule has 0 aliphatic carbocycles. The number of imidazole rings is 1. The van der Waals surface area contributed by atoms with Crippen LogP contribution >= 0.6 is 0 Å². The van der Waals surface area contributed by atoms with Gasteiger partial charge in [-0.15, -0.1) is 13.2 Å². The molecule has 3 heterocycles. The zero-order valence-corrected chi connectivity index (χ0v) is 25.0. The minimum atomic E-state index is -4.85. The van der Waals surface area contributed by atoms with Crippen LogP contribution in [0.2, 0.25) is 0 Å². The maximum Gasteiger partial charge on any atom is 0.573 e. The first-order valence-corrected chi connectivity index (χ1v) is 15.1. The molecule has 9 nitrogen and oxygen atoms in total. The van der Waals surface area contributed by atoms with Crippen LogP contribution < -0.4 is 20.9 Å². The highest BCUT2D eigenvalue weighted by atomic mass is 19.4. The Morgan fingerprint density at radius 2 is 1.57 bits per heavy atom. The van der Waals surface area contributed by atoms with Gasteiger partial charge in [-0.1, -0.05) is 60.7 Å². The van der Waals surface area contributed by atoms with Gasteiger partial charge in [-0.05, 0) is 54.7 Å². The number of carbonyl (C=O) groups is 1. The van der Waals surface area contributed by atoms with Crippen molar-refractivity contribution in [2.45, 2.75) is 51.2 Å². The van der Waals surface area contributed by atoms with E-state index < -0.39 is 23.5 Å². The van der Waals surface area contributed by atoms with Gasteiger partial charge in [0, 0.05) is 31.1 Å². The number of hydrogen-bond donors (Lipinski definition) is 1. The Hall–Kier alpha value is -4.97. The average molecular weight is 631 g/mol. The van der Waals surface area contributed by atoms with E-state index in [-0.39, 0.29) is 29.3 Å². The molecule has 46 heavy (non-hydrogen) atoms. The second kappa shape index (κ2) is 13.2. The van der Waals surface area contributed by atoms with E-state index in [0.29, 0.717) is 37.7 Å². The van der Waals surface area contributed by atoms with Gasteiger partial charge in [0.05, 0.1) is 13.1 Å². The summed E-state index contributed by atoms with van der Waals surface area (Å²) in [6, 6.07) is 24.0. The Balaban J connectivity index is 1.43. The molecule has 0 radical (unpaired) electrons. The van der Waals surface area contributed by atoms with Crippen LogP contribution in [0.5, 0.6) is 5.75 Å². The topological polar surface area (TPSA) is 108 Å². The minimum absolute atomic E-state index is 0.0321. The molecule has 1 fully saturated rings. The van der Waals surface area contributed by atoms with Crippen LogP contribution in [0.3, 0.4) is 0 Å². The highest BCUT2D eigenvalue weighted by Gasteiger charge is 2.31. The Morgan fingerprint density at radius 3 is 2.22 bits per heavy atom. The summed E-state index contributed by atoms with van der Waals surface area (Å²) in [5, 5.41) is 0. The summed E-state index contributed by atoms with van der Waals surface area (Å²) >= 11 is 0. The fourth-order valence-corrected chi connectivity index (χ4v) is 5.83. The molecule has 0 amide bonds. The molecule has 6 rings (SSSR count). The van der Waals surface area contributed by atoms with E-state index in [1.807, 2.05) is 65.2 Å². The first kappa shape index (κ1) is 31.0. The van der Waals surface area contributed by atoms with Crippen molar-refractivity contribution < 1.29 is 22.7 Å². The number of anilines is 1. The van der Waals surface area contributed by atoms with Crippen molar-refractivity contribution >= 4 is 22.9 Å². The third-order valence-electron chi connectivity index (χ3n) is 8.04. The van der Waals surface area contributed by atoms with Crippen molar-refractivity contribution in [2.24, 2.45) is 5.73 Å². The molecular formula is C34H33F3N6O3. The fraction of sp³-hybridized carbons (Fsp3) is 0.294. The van der Waals surface area contributed by atoms with Gasteiger partial charge < -0.3 is 15.4 Å². The molecule has 0 bridgehead atoms. The number of carbonyl (C=O) groups excluding carboxylic acids is 1. The fourth-order valence-electron chi connectivity index (χ4n) is 5.83. The maximum absolute atomic E-state index is 14.4. The SMILES string of the molecule is NC1CCCN(c2nc3nc(CCc4ccccc4)n(CC(=O)c4ccc(OC(F)(F)F)cc4)c(=O)c3n2Cc2ccccc2)C1. The van der Waals surface area contributed by atoms with Crippen molar-refractivity contribution in [1.82, 2.24) is 19.1 Å². The van der Waals surface area contributed by atoms with Crippen LogP contribution in [0.1, 0.15) is 40.2 Å². The highest BCUT2D eigenvalue weighted by molar-refractivity contribution is 5.96. The Bertz CT molecular complexity index is 1870. The van der Waals surface area contributed by atoms with Crippen molar-refractivity contribution in [3.05, 3.63) is 118 Å². The van der Waals surface area contributed by atoms with Crippen LogP contribution in [-0.4, -0.2) is 50.4 Å². The molecule has 1 atom stereocenters. The molecule has 1 aliphatic heterocycles. The van der Waals surface area contributed by atoms with Crippen molar-refractivity contribution in [1.29, 1.82) is 0 Å². The number of benzene rings is 3. The molecule has 5 aromatic rings. The number of hydrogen-bond acceptors (Lipinski definition) is 7. The van der Waals surface area contributed by atoms with E-state index in [9.17, 15) is 22.8 Å². The van der Waals surface area contributed by atoms with Gasteiger partial charge in [-0.3, -0.25) is 18.7 Å². The van der Waals surface area contributed by atoms with Gasteiger partial charge in [-0.25, -0.2) is 4.98 Å². The van der Waals surface area contributed by atoms with Crippen LogP contribution in [0.25, 0.3) is 11.2 Å². The normalized spacial score (nSPS) is 15.3. The molecule has 2 aromatic heterocycles. The van der Waals surface area contributed by atoms with E-state index >= 15 is 0 Å². The van der Waals surface area contributed by atoms with Gasteiger partial charge >= 0.3 is 6.36 Å². The summed E-state index contributed by atoms with van der Waals surface area (Å²) in [5.74, 6) is 0.0803. The summed E-state index contributed by atoms with van der Waals surface area (Å²) < 4.78 is 45.1. The molecule has 0 spiro atoms. The number of ether oxygens (including phenoxy) is 1. The van der Waals surface area contributed by atoms with Gasteiger partial charge in [0.15, 0.2) is 16.9 Å². The Morgan fingerprint density at radius 1 is 0.891 bits per heavy atom. The summed E-state index contributed by atoms with van der Waals surface area (Å²) in [4.78, 5) is 39.8. The Kier molecular flexibility index (Phi) is 8.89. The molecule has 12 heteroatoms. The zero-order valence-electron chi connectivity index (χ0n) is 25.0. The summed E-state index contributed by atoms with van der Waals surface area (Å²) in [5.41, 5.74) is 8.58. The highest BCUT2D eigenvalue weighted by Crippen LogP contribution is 2.26. The molecule has 1 saturated heterocycles. The van der Waals surface area contributed by atoms with E-state index in [4.69, 9.17) is 15.7 Å². The van der Waals surface area contributed by atoms with Crippen LogP contribution in [0, 0.1) is 0 Å². The number of ketones is 1. The number of aryl methyl sites for hydroxylation is 2. The number of aromatic nitrogens is 4. The smallest absolute Gasteiger partial charge is 0.406 e. The third-order valence-corrected chi connectivity index (χ3v) is 8.04. The number of nitrogens with zero attached hydrogens (tertiary/aromatic N) is 5. The van der Waals surface area contributed by atoms with Crippen molar-refractivity contribution in [2.75, 3.05) is 18.0 Å². The first-order chi connectivity index (χ1) is 22.1. The number of alkyl halides is 3. The third kappa shape index (κ3) is 7.12. The summed E-state index contributed by atoms with van der Waals surface area (Å²) in [7, 11) is 0. The van der Waals surface area contributed by atoms with Crippen LogP contribution in [0.4, 0.5) is 19.1 Å². The molecular weight excluding hydrogens is 597 g/mol. The molecule has 1 unspecified atom stereocenters. The van der Waals surface area contributed by atoms with Crippen molar-refractivity contribution in [3.63, 3.8) is 0 Å². The maximum atomic E-state index is 14.4. The second-order valence-electron chi connectivity index (χ2n) is 11.4. The Labute approximate surface area is 263 Å². The number of piperidine rings is 1. The van der Waals surface area contributed by atoms with E-state index in [1.165, 1.54) is 16.7 Å². The zero-order chi connectivity index (χ0) is 32.3. The van der Waals surface area contributed by atoms with Crippen LogP contribution in [-0.2, 0) is 25.9 Å².